The number of fused-ring (bicyclic) bond motifs is 1. The molecule has 0 heterocycles. The number of hydrogen-bond donors (Lipinski definition) is 0. The molecule has 4 heteroatoms. The Labute approximate surface area is 155 Å². The quantitative estimate of drug-likeness (QED) is 0.415. The third-order valence-electron chi connectivity index (χ3n) is 4.32. The third-order valence-corrected chi connectivity index (χ3v) is 4.32. The monoisotopic (exact) mass is 356 g/mol. The lowest BCUT2D eigenvalue weighted by atomic mass is 9.99. The van der Waals surface area contributed by atoms with Crippen molar-refractivity contribution in [2.24, 2.45) is 0 Å². The molecule has 2 rings (SSSR count). The fraction of sp³-hybridized carbons (Fsp3) is 0.455. The van der Waals surface area contributed by atoms with Gasteiger partial charge < -0.3 is 9.47 Å². The van der Waals surface area contributed by atoms with Crippen LogP contribution in [0.15, 0.2) is 36.4 Å². The lowest BCUT2D eigenvalue weighted by Gasteiger charge is -2.12. The zero-order valence-electron chi connectivity index (χ0n) is 15.8. The molecule has 0 spiro atoms. The van der Waals surface area contributed by atoms with Crippen molar-refractivity contribution in [3.05, 3.63) is 47.5 Å². The number of carbonyl (C=O) groups excluding carboxylic acids is 2. The minimum absolute atomic E-state index is 0.278. The number of carbonyl (C=O) groups is 2. The van der Waals surface area contributed by atoms with Crippen molar-refractivity contribution in [3.8, 4) is 0 Å². The number of hydrogen-bond acceptors (Lipinski definition) is 4. The number of esters is 2. The van der Waals surface area contributed by atoms with Crippen LogP contribution < -0.4 is 0 Å². The Balaban J connectivity index is 2.25. The average Bonchev–Trinajstić information content (AvgIpc) is 2.67. The Morgan fingerprint density at radius 3 is 2.04 bits per heavy atom. The van der Waals surface area contributed by atoms with Crippen LogP contribution in [0.4, 0.5) is 0 Å². The van der Waals surface area contributed by atoms with Gasteiger partial charge in [0.05, 0.1) is 24.3 Å². The first-order valence-corrected chi connectivity index (χ1v) is 9.55. The summed E-state index contributed by atoms with van der Waals surface area (Å²) in [6, 6.07) is 11.0. The van der Waals surface area contributed by atoms with Gasteiger partial charge in [0.25, 0.3) is 0 Å². The van der Waals surface area contributed by atoms with Crippen molar-refractivity contribution >= 4 is 22.7 Å². The molecule has 2 aromatic rings. The summed E-state index contributed by atoms with van der Waals surface area (Å²) in [6.07, 6.45) is 5.78. The number of unbranched alkanes of at least 4 members (excludes halogenated alkanes) is 4. The van der Waals surface area contributed by atoms with Gasteiger partial charge in [-0.2, -0.15) is 0 Å². The molecule has 0 atom stereocenters. The van der Waals surface area contributed by atoms with E-state index in [1.165, 1.54) is 0 Å². The van der Waals surface area contributed by atoms with Gasteiger partial charge in [0.15, 0.2) is 0 Å². The van der Waals surface area contributed by atoms with E-state index in [0.29, 0.717) is 18.8 Å². The Morgan fingerprint density at radius 2 is 1.38 bits per heavy atom. The van der Waals surface area contributed by atoms with E-state index in [2.05, 4.69) is 13.8 Å². The van der Waals surface area contributed by atoms with E-state index < -0.39 is 11.9 Å². The molecule has 0 aliphatic rings. The third kappa shape index (κ3) is 5.32. The molecule has 26 heavy (non-hydrogen) atoms. The van der Waals surface area contributed by atoms with Crippen molar-refractivity contribution in [1.82, 2.24) is 0 Å². The summed E-state index contributed by atoms with van der Waals surface area (Å²) >= 11 is 0. The van der Waals surface area contributed by atoms with Crippen LogP contribution in [0.3, 0.4) is 0 Å². The smallest absolute Gasteiger partial charge is 0.339 e. The van der Waals surface area contributed by atoms with Gasteiger partial charge in [-0.25, -0.2) is 9.59 Å². The number of benzene rings is 2. The second-order valence-corrected chi connectivity index (χ2v) is 6.40. The van der Waals surface area contributed by atoms with Gasteiger partial charge in [-0.15, -0.1) is 0 Å². The summed E-state index contributed by atoms with van der Waals surface area (Å²) in [4.78, 5) is 25.2. The molecular formula is C22H28O4. The van der Waals surface area contributed by atoms with Gasteiger partial charge in [-0.1, -0.05) is 69.9 Å². The van der Waals surface area contributed by atoms with Gasteiger partial charge >= 0.3 is 11.9 Å². The Morgan fingerprint density at radius 1 is 0.769 bits per heavy atom. The molecule has 0 saturated heterocycles. The van der Waals surface area contributed by atoms with Crippen LogP contribution in [0, 0.1) is 0 Å². The van der Waals surface area contributed by atoms with E-state index >= 15 is 0 Å². The van der Waals surface area contributed by atoms with Crippen LogP contribution in [0.5, 0.6) is 0 Å². The summed E-state index contributed by atoms with van der Waals surface area (Å²) in [5.74, 6) is -0.925. The first-order valence-electron chi connectivity index (χ1n) is 9.55. The molecule has 0 amide bonds. The standard InChI is InChI=1S/C22H28O4/c1-3-5-9-15-25-21(23)19-14-13-17-11-7-8-12-18(17)20(19)22(24)26-16-10-6-4-2/h7-8,11-14H,3-6,9-10,15-16H2,1-2H3. The zero-order valence-corrected chi connectivity index (χ0v) is 15.8. The highest BCUT2D eigenvalue weighted by Gasteiger charge is 2.22. The molecule has 0 N–H and O–H groups in total. The van der Waals surface area contributed by atoms with E-state index in [-0.39, 0.29) is 5.56 Å². The molecular weight excluding hydrogens is 328 g/mol. The Bertz CT molecular complexity index is 736. The maximum Gasteiger partial charge on any atom is 0.339 e. The topological polar surface area (TPSA) is 52.6 Å². The first-order chi connectivity index (χ1) is 12.7. The number of ether oxygens (including phenoxy) is 2. The Hall–Kier alpha value is -2.36. The van der Waals surface area contributed by atoms with Gasteiger partial charge in [0, 0.05) is 0 Å². The molecule has 4 nitrogen and oxygen atoms in total. The molecule has 0 aliphatic heterocycles. The molecule has 0 unspecified atom stereocenters. The summed E-state index contributed by atoms with van der Waals surface area (Å²) < 4.78 is 10.8. The minimum Gasteiger partial charge on any atom is -0.462 e. The van der Waals surface area contributed by atoms with Gasteiger partial charge in [0.1, 0.15) is 0 Å². The van der Waals surface area contributed by atoms with Crippen LogP contribution in [-0.2, 0) is 9.47 Å². The largest absolute Gasteiger partial charge is 0.462 e. The lowest BCUT2D eigenvalue weighted by molar-refractivity contribution is 0.0453. The van der Waals surface area contributed by atoms with E-state index in [1.807, 2.05) is 30.3 Å². The molecule has 2 aromatic carbocycles. The summed E-state index contributed by atoms with van der Waals surface area (Å²) in [5.41, 5.74) is 0.584. The predicted octanol–water partition coefficient (Wildman–Crippen LogP) is 5.53. The van der Waals surface area contributed by atoms with Gasteiger partial charge in [-0.3, -0.25) is 0 Å². The molecule has 140 valence electrons. The van der Waals surface area contributed by atoms with Gasteiger partial charge in [0.2, 0.25) is 0 Å². The van der Waals surface area contributed by atoms with Crippen molar-refractivity contribution in [1.29, 1.82) is 0 Å². The molecule has 0 fully saturated rings. The van der Waals surface area contributed by atoms with E-state index in [9.17, 15) is 9.59 Å². The fourth-order valence-electron chi connectivity index (χ4n) is 2.85. The second kappa shape index (κ2) is 10.6. The van der Waals surface area contributed by atoms with Crippen LogP contribution >= 0.6 is 0 Å². The number of rotatable bonds is 10. The van der Waals surface area contributed by atoms with Gasteiger partial charge in [-0.05, 0) is 29.7 Å². The molecule has 0 saturated carbocycles. The fourth-order valence-corrected chi connectivity index (χ4v) is 2.85. The Kier molecular flexibility index (Phi) is 8.13. The molecule has 0 bridgehead atoms. The van der Waals surface area contributed by atoms with Crippen LogP contribution in [-0.4, -0.2) is 25.2 Å². The highest BCUT2D eigenvalue weighted by molar-refractivity contribution is 6.12. The van der Waals surface area contributed by atoms with Crippen LogP contribution in [0.1, 0.15) is 73.1 Å². The van der Waals surface area contributed by atoms with Crippen LogP contribution in [0.2, 0.25) is 0 Å². The van der Waals surface area contributed by atoms with Crippen LogP contribution in [0.25, 0.3) is 10.8 Å². The maximum absolute atomic E-state index is 12.7. The summed E-state index contributed by atoms with van der Waals surface area (Å²) in [7, 11) is 0. The zero-order chi connectivity index (χ0) is 18.8. The normalized spacial score (nSPS) is 10.7. The van der Waals surface area contributed by atoms with Crippen molar-refractivity contribution in [2.75, 3.05) is 13.2 Å². The molecule has 0 aliphatic carbocycles. The van der Waals surface area contributed by atoms with E-state index in [0.717, 1.165) is 49.3 Å². The van der Waals surface area contributed by atoms with E-state index in [1.54, 1.807) is 6.07 Å². The summed E-state index contributed by atoms with van der Waals surface area (Å²) in [6.45, 7) is 4.92. The predicted molar refractivity (Wildman–Crippen MR) is 104 cm³/mol. The molecule has 0 radical (unpaired) electrons. The minimum atomic E-state index is -0.465. The maximum atomic E-state index is 12.7. The average molecular weight is 356 g/mol. The summed E-state index contributed by atoms with van der Waals surface area (Å²) in [5, 5.41) is 1.62. The van der Waals surface area contributed by atoms with Crippen molar-refractivity contribution < 1.29 is 19.1 Å². The van der Waals surface area contributed by atoms with Crippen molar-refractivity contribution in [2.45, 2.75) is 52.4 Å². The highest BCUT2D eigenvalue weighted by Crippen LogP contribution is 2.24. The lowest BCUT2D eigenvalue weighted by Crippen LogP contribution is -2.15. The highest BCUT2D eigenvalue weighted by atomic mass is 16.5. The van der Waals surface area contributed by atoms with E-state index in [4.69, 9.17) is 9.47 Å². The molecule has 0 aromatic heterocycles. The SMILES string of the molecule is CCCCCOC(=O)c1ccc2ccccc2c1C(=O)OCCCCC. The second-order valence-electron chi connectivity index (χ2n) is 6.40. The first kappa shape index (κ1) is 20.0. The van der Waals surface area contributed by atoms with Crippen molar-refractivity contribution in [3.63, 3.8) is 0 Å².